The quantitative estimate of drug-likeness (QED) is 0.116. The Bertz CT molecular complexity index is 2300. The Morgan fingerprint density at radius 2 is 1.85 bits per heavy atom. The molecule has 1 amide bonds. The number of anilines is 2. The Morgan fingerprint density at radius 3 is 2.63 bits per heavy atom. The van der Waals surface area contributed by atoms with Crippen LogP contribution in [0.25, 0.3) is 6.08 Å². The Labute approximate surface area is 339 Å². The maximum atomic E-state index is 14.7. The van der Waals surface area contributed by atoms with E-state index in [9.17, 15) is 45.3 Å². The number of ether oxygens (including phenoxy) is 2. The number of phenolic OH excluding ortho intramolecular Hbond substituents is 2. The minimum Gasteiger partial charge on any atom is -0.508 e. The molecule has 9 atom stereocenters. The molecule has 59 heavy (non-hydrogen) atoms. The molecule has 0 bridgehead atoms. The third-order valence-electron chi connectivity index (χ3n) is 13.4. The van der Waals surface area contributed by atoms with Gasteiger partial charge in [0.25, 0.3) is 5.91 Å². The normalized spacial score (nSPS) is 30.8. The second-order valence-electron chi connectivity index (χ2n) is 16.6. The maximum absolute atomic E-state index is 14.7. The number of aliphatic hydroxyl groups excluding tert-OH is 4. The molecule has 5 heterocycles. The number of carboxylic acids is 1. The van der Waals surface area contributed by atoms with E-state index in [-0.39, 0.29) is 41.7 Å². The molecule has 15 nitrogen and oxygen atoms in total. The first-order valence-electron chi connectivity index (χ1n) is 20.2. The van der Waals surface area contributed by atoms with Crippen LogP contribution in [-0.4, -0.2) is 107 Å². The average molecular weight is 809 g/mol. The van der Waals surface area contributed by atoms with Gasteiger partial charge in [-0.15, -0.1) is 0 Å². The van der Waals surface area contributed by atoms with Gasteiger partial charge in [-0.1, -0.05) is 37.1 Å². The zero-order valence-corrected chi connectivity index (χ0v) is 32.2. The summed E-state index contributed by atoms with van der Waals surface area (Å²) in [4.78, 5) is 36.8. The number of H-pyrrole nitrogens is 1. The van der Waals surface area contributed by atoms with Crippen molar-refractivity contribution in [3.05, 3.63) is 101 Å². The van der Waals surface area contributed by atoms with Crippen molar-refractivity contribution in [2.75, 3.05) is 23.4 Å². The summed E-state index contributed by atoms with van der Waals surface area (Å²) in [5, 5.41) is 79.6. The van der Waals surface area contributed by atoms with E-state index in [1.165, 1.54) is 23.1 Å². The molecule has 1 saturated carbocycles. The van der Waals surface area contributed by atoms with Gasteiger partial charge in [0.2, 0.25) is 5.79 Å². The number of para-hydroxylation sites is 1. The lowest BCUT2D eigenvalue weighted by Gasteiger charge is -2.50. The van der Waals surface area contributed by atoms with E-state index >= 15 is 0 Å². The molecule has 2 fully saturated rings. The highest BCUT2D eigenvalue weighted by Gasteiger charge is 2.59. The van der Waals surface area contributed by atoms with Crippen LogP contribution in [0.5, 0.6) is 17.2 Å². The number of amides is 1. The molecule has 15 heteroatoms. The van der Waals surface area contributed by atoms with Gasteiger partial charge in [0.15, 0.2) is 11.5 Å². The van der Waals surface area contributed by atoms with E-state index in [1.54, 1.807) is 30.7 Å². The first kappa shape index (κ1) is 39.0. The largest absolute Gasteiger partial charge is 0.508 e. The number of benzene rings is 3. The molecule has 9 rings (SSSR count). The number of aromatic amines is 1. The lowest BCUT2D eigenvalue weighted by atomic mass is 9.56. The highest BCUT2D eigenvalue weighted by atomic mass is 16.7. The van der Waals surface area contributed by atoms with Gasteiger partial charge in [-0.3, -0.25) is 9.69 Å². The lowest BCUT2D eigenvalue weighted by molar-refractivity contribution is -0.342. The van der Waals surface area contributed by atoms with Crippen LogP contribution >= 0.6 is 0 Å². The summed E-state index contributed by atoms with van der Waals surface area (Å²) >= 11 is 0. The molecular weight excluding hydrogens is 761 g/mol. The highest BCUT2D eigenvalue weighted by molar-refractivity contribution is 6.10. The molecule has 9 unspecified atom stereocenters. The van der Waals surface area contributed by atoms with Crippen molar-refractivity contribution in [1.29, 1.82) is 0 Å². The SMILES string of the molecule is O=C(O)C1C(CC23CCCCC2CNc2ccccc23)c2cc(O)c3c(c2N1C(=O)C=Cc1ccc(O)c(Cc2cnc[nH]2)c1)CCC1(O3)OC(CO)C(O)C(O)C1O. The highest BCUT2D eigenvalue weighted by Crippen LogP contribution is 2.60. The molecule has 1 saturated heterocycles. The van der Waals surface area contributed by atoms with Gasteiger partial charge in [0.05, 0.1) is 18.6 Å². The van der Waals surface area contributed by atoms with Crippen molar-refractivity contribution in [2.24, 2.45) is 5.92 Å². The molecule has 4 aromatic rings. The number of hydrogen-bond acceptors (Lipinski definition) is 12. The van der Waals surface area contributed by atoms with E-state index in [0.717, 1.165) is 49.2 Å². The molecule has 1 spiro atoms. The smallest absolute Gasteiger partial charge is 0.327 e. The van der Waals surface area contributed by atoms with E-state index in [0.29, 0.717) is 35.1 Å². The maximum Gasteiger partial charge on any atom is 0.327 e. The molecule has 1 aromatic heterocycles. The summed E-state index contributed by atoms with van der Waals surface area (Å²) in [7, 11) is 0. The van der Waals surface area contributed by atoms with Gasteiger partial charge in [-0.05, 0) is 78.6 Å². The van der Waals surface area contributed by atoms with E-state index in [2.05, 4.69) is 21.4 Å². The third-order valence-corrected chi connectivity index (χ3v) is 13.4. The number of fused-ring (bicyclic) bond motifs is 6. The van der Waals surface area contributed by atoms with Crippen LogP contribution < -0.4 is 15.0 Å². The molecule has 1 aliphatic carbocycles. The van der Waals surface area contributed by atoms with Crippen LogP contribution in [-0.2, 0) is 32.6 Å². The molecular formula is C44H48N4O11. The second-order valence-corrected chi connectivity index (χ2v) is 16.6. The fourth-order valence-corrected chi connectivity index (χ4v) is 10.6. The van der Waals surface area contributed by atoms with Crippen molar-refractivity contribution in [1.82, 2.24) is 9.97 Å². The van der Waals surface area contributed by atoms with Gasteiger partial charge in [-0.25, -0.2) is 9.78 Å². The summed E-state index contributed by atoms with van der Waals surface area (Å²) in [5.74, 6) is -4.87. The van der Waals surface area contributed by atoms with Crippen LogP contribution in [0.2, 0.25) is 0 Å². The van der Waals surface area contributed by atoms with Crippen molar-refractivity contribution >= 4 is 29.3 Å². The van der Waals surface area contributed by atoms with E-state index < -0.39 is 66.1 Å². The minimum atomic E-state index is -1.98. The Morgan fingerprint density at radius 1 is 1.02 bits per heavy atom. The Kier molecular flexibility index (Phi) is 9.91. The summed E-state index contributed by atoms with van der Waals surface area (Å²) < 4.78 is 12.2. The number of aromatic nitrogens is 2. The summed E-state index contributed by atoms with van der Waals surface area (Å²) in [5.41, 5.74) is 4.72. The number of aliphatic carboxylic acids is 1. The number of aliphatic hydroxyl groups is 4. The second kappa shape index (κ2) is 15.0. The van der Waals surface area contributed by atoms with Crippen molar-refractivity contribution in [3.63, 3.8) is 0 Å². The number of rotatable bonds is 8. The summed E-state index contributed by atoms with van der Waals surface area (Å²) in [6.45, 7) is 0.0283. The third kappa shape index (κ3) is 6.43. The first-order valence-corrected chi connectivity index (χ1v) is 20.2. The monoisotopic (exact) mass is 808 g/mol. The van der Waals surface area contributed by atoms with E-state index in [1.807, 2.05) is 18.2 Å². The topological polar surface area (TPSA) is 238 Å². The van der Waals surface area contributed by atoms with Gasteiger partial charge < -0.3 is 55.5 Å². The number of imidazole rings is 1. The predicted octanol–water partition coefficient (Wildman–Crippen LogP) is 3.45. The number of carboxylic acid groups (broad SMARTS) is 1. The van der Waals surface area contributed by atoms with Crippen molar-refractivity contribution in [2.45, 2.75) is 98.9 Å². The number of carbonyl (C=O) groups is 2. The zero-order chi connectivity index (χ0) is 41.2. The number of nitrogens with one attached hydrogen (secondary N) is 2. The standard InChI is InChI=1S/C44H48N4O11/c49-21-34-38(53)39(54)41(55)44(58-34)14-12-27-36-28(17-33(51)40(27)59-44)29(18-43-13-4-3-5-25(43)19-46-31-7-2-1-6-30(31)43)37(42(56)57)48(36)35(52)11-9-23-8-10-32(50)24(15-23)16-26-20-45-22-47-26/h1-2,6-11,15,17,20,22,25,29,34,37-39,41,46,49-51,53-55H,3-5,12-14,16,18-19,21H2,(H,45,47)(H,56,57). The van der Waals surface area contributed by atoms with Gasteiger partial charge >= 0.3 is 5.97 Å². The lowest BCUT2D eigenvalue weighted by Crippen LogP contribution is -2.68. The number of phenols is 2. The van der Waals surface area contributed by atoms with Gasteiger partial charge in [0, 0.05) is 65.5 Å². The van der Waals surface area contributed by atoms with Crippen LogP contribution in [0.1, 0.15) is 78.0 Å². The number of hydrogen-bond donors (Lipinski definition) is 9. The molecule has 9 N–H and O–H groups in total. The first-order chi connectivity index (χ1) is 28.4. The average Bonchev–Trinajstić information content (AvgIpc) is 3.87. The van der Waals surface area contributed by atoms with Gasteiger partial charge in [0.1, 0.15) is 36.2 Å². The van der Waals surface area contributed by atoms with Crippen molar-refractivity contribution < 1.29 is 54.8 Å². The fourth-order valence-electron chi connectivity index (χ4n) is 10.6. The fraction of sp³-hybridized carbons (Fsp3) is 0.432. The molecule has 3 aromatic carbocycles. The van der Waals surface area contributed by atoms with Crippen LogP contribution in [0.3, 0.4) is 0 Å². The predicted molar refractivity (Wildman–Crippen MR) is 213 cm³/mol. The summed E-state index contributed by atoms with van der Waals surface area (Å²) in [6.07, 6.45) is 3.97. The number of carbonyl (C=O) groups excluding carboxylic acids is 1. The zero-order valence-electron chi connectivity index (χ0n) is 32.2. The molecule has 310 valence electrons. The van der Waals surface area contributed by atoms with Crippen LogP contribution in [0.15, 0.2) is 67.1 Å². The molecule has 0 radical (unpaired) electrons. The van der Waals surface area contributed by atoms with Crippen LogP contribution in [0.4, 0.5) is 11.4 Å². The molecule has 5 aliphatic rings. The number of nitrogens with zero attached hydrogens (tertiary/aromatic N) is 2. The summed E-state index contributed by atoms with van der Waals surface area (Å²) in [6, 6.07) is 13.1. The number of aromatic hydroxyl groups is 2. The van der Waals surface area contributed by atoms with E-state index in [4.69, 9.17) is 9.47 Å². The van der Waals surface area contributed by atoms with Crippen LogP contribution in [0, 0.1) is 5.92 Å². The Hall–Kier alpha value is -5.45. The van der Waals surface area contributed by atoms with Gasteiger partial charge in [-0.2, -0.15) is 0 Å². The Balaban J connectivity index is 1.15. The van der Waals surface area contributed by atoms with Crippen molar-refractivity contribution in [3.8, 4) is 17.2 Å². The molecule has 4 aliphatic heterocycles. The minimum absolute atomic E-state index is 0.00604.